The monoisotopic (exact) mass is 467 g/mol. The molecule has 0 fully saturated rings. The molecule has 0 bridgehead atoms. The van der Waals surface area contributed by atoms with Gasteiger partial charge in [0.25, 0.3) is 17.2 Å². The van der Waals surface area contributed by atoms with Crippen LogP contribution >= 0.6 is 11.6 Å². The Balaban J connectivity index is 1.96. The van der Waals surface area contributed by atoms with Crippen LogP contribution in [0.1, 0.15) is 22.4 Å². The minimum absolute atomic E-state index is 0.0592. The number of hydrogen-bond donors (Lipinski definition) is 1. The standard InChI is InChI=1S/C24H23ClN4O4/c1-14-8-9-27(13-15(14)2)21-20(22(30)28(24(21)32)10-11-33-4)19-16(3)26-29(23(19)31)18-7-5-6-17(25)12-18/h5-9,12-13H,10-11H2,1-4H3/p+1. The zero-order valence-electron chi connectivity index (χ0n) is 18.8. The van der Waals surface area contributed by atoms with E-state index in [9.17, 15) is 14.4 Å². The van der Waals surface area contributed by atoms with Gasteiger partial charge < -0.3 is 4.74 Å². The number of hydrogen-bond acceptors (Lipinski definition) is 4. The predicted molar refractivity (Wildman–Crippen MR) is 124 cm³/mol. The van der Waals surface area contributed by atoms with Crippen molar-refractivity contribution in [2.45, 2.75) is 20.8 Å². The van der Waals surface area contributed by atoms with Crippen LogP contribution < -0.4 is 10.1 Å². The number of aryl methyl sites for hydroxylation is 3. The van der Waals surface area contributed by atoms with E-state index in [1.807, 2.05) is 19.9 Å². The van der Waals surface area contributed by atoms with Crippen molar-refractivity contribution in [3.8, 4) is 5.69 Å². The molecule has 9 heteroatoms. The number of rotatable bonds is 6. The van der Waals surface area contributed by atoms with Crippen molar-refractivity contribution in [2.75, 3.05) is 20.3 Å². The minimum atomic E-state index is -0.532. The molecular formula is C24H24ClN4O4+. The van der Waals surface area contributed by atoms with Crippen LogP contribution in [0.25, 0.3) is 17.0 Å². The Labute approximate surface area is 195 Å². The second-order valence-corrected chi connectivity index (χ2v) is 8.37. The number of nitrogens with one attached hydrogen (secondary N) is 1. The smallest absolute Gasteiger partial charge is 0.326 e. The summed E-state index contributed by atoms with van der Waals surface area (Å²) in [6.07, 6.45) is 3.51. The predicted octanol–water partition coefficient (Wildman–Crippen LogP) is 2.42. The molecular weight excluding hydrogens is 444 g/mol. The van der Waals surface area contributed by atoms with E-state index in [0.29, 0.717) is 16.4 Å². The molecule has 1 aliphatic heterocycles. The number of aromatic amines is 1. The first-order valence-electron chi connectivity index (χ1n) is 10.4. The van der Waals surface area contributed by atoms with E-state index in [4.69, 9.17) is 16.3 Å². The molecule has 4 rings (SSSR count). The van der Waals surface area contributed by atoms with E-state index in [1.54, 1.807) is 48.1 Å². The fraction of sp³-hybridized carbons (Fsp3) is 0.250. The molecule has 0 aliphatic carbocycles. The van der Waals surface area contributed by atoms with Crippen molar-refractivity contribution in [3.63, 3.8) is 0 Å². The van der Waals surface area contributed by atoms with Gasteiger partial charge in [-0.05, 0) is 44.5 Å². The van der Waals surface area contributed by atoms with Gasteiger partial charge in [0.2, 0.25) is 0 Å². The van der Waals surface area contributed by atoms with E-state index in [-0.39, 0.29) is 30.0 Å². The molecule has 1 aromatic carbocycles. The van der Waals surface area contributed by atoms with Crippen LogP contribution in [0, 0.1) is 20.8 Å². The lowest BCUT2D eigenvalue weighted by atomic mass is 10.1. The highest BCUT2D eigenvalue weighted by atomic mass is 35.5. The highest BCUT2D eigenvalue weighted by Gasteiger charge is 2.47. The zero-order chi connectivity index (χ0) is 23.9. The zero-order valence-corrected chi connectivity index (χ0v) is 19.6. The van der Waals surface area contributed by atoms with Gasteiger partial charge in [0, 0.05) is 29.5 Å². The average Bonchev–Trinajstić information content (AvgIpc) is 3.20. The maximum atomic E-state index is 13.5. The summed E-state index contributed by atoms with van der Waals surface area (Å²) in [6, 6.07) is 8.67. The fourth-order valence-corrected chi connectivity index (χ4v) is 4.05. The van der Waals surface area contributed by atoms with Gasteiger partial charge in [-0.1, -0.05) is 17.7 Å². The summed E-state index contributed by atoms with van der Waals surface area (Å²) in [6.45, 7) is 5.85. The third-order valence-electron chi connectivity index (χ3n) is 5.75. The highest BCUT2D eigenvalue weighted by Crippen LogP contribution is 2.30. The Kier molecular flexibility index (Phi) is 6.05. The lowest BCUT2D eigenvalue weighted by Crippen LogP contribution is -2.41. The molecule has 2 aromatic heterocycles. The van der Waals surface area contributed by atoms with Gasteiger partial charge in [-0.15, -0.1) is 0 Å². The first-order valence-corrected chi connectivity index (χ1v) is 10.8. The van der Waals surface area contributed by atoms with Crippen molar-refractivity contribution in [1.82, 2.24) is 14.7 Å². The SMILES string of the molecule is COCCN1C(=O)C(c2c(C)[nH]n(-c3cccc(Cl)c3)c2=O)=C([n+]2ccc(C)c(C)c2)C1=O. The van der Waals surface area contributed by atoms with Crippen molar-refractivity contribution in [2.24, 2.45) is 0 Å². The Bertz CT molecular complexity index is 1370. The summed E-state index contributed by atoms with van der Waals surface area (Å²) in [5.74, 6) is -1.01. The molecule has 0 atom stereocenters. The van der Waals surface area contributed by atoms with Gasteiger partial charge in [0.1, 0.15) is 5.57 Å². The number of halogens is 1. The second-order valence-electron chi connectivity index (χ2n) is 7.93. The number of ether oxygens (including phenoxy) is 1. The molecule has 0 spiro atoms. The molecule has 3 heterocycles. The molecule has 170 valence electrons. The number of carbonyl (C=O) groups excluding carboxylic acids is 2. The van der Waals surface area contributed by atoms with Gasteiger partial charge in [-0.3, -0.25) is 24.4 Å². The van der Waals surface area contributed by atoms with Crippen molar-refractivity contribution in [3.05, 3.63) is 80.5 Å². The van der Waals surface area contributed by atoms with Gasteiger partial charge in [-0.25, -0.2) is 4.68 Å². The number of carbonyl (C=O) groups is 2. The maximum absolute atomic E-state index is 13.5. The lowest BCUT2D eigenvalue weighted by Gasteiger charge is -2.12. The number of H-pyrrole nitrogens is 1. The minimum Gasteiger partial charge on any atom is -0.383 e. The molecule has 2 amide bonds. The van der Waals surface area contributed by atoms with E-state index in [0.717, 1.165) is 16.0 Å². The lowest BCUT2D eigenvalue weighted by molar-refractivity contribution is -0.577. The maximum Gasteiger partial charge on any atom is 0.326 e. The molecule has 8 nitrogen and oxygen atoms in total. The van der Waals surface area contributed by atoms with E-state index >= 15 is 0 Å². The molecule has 0 saturated heterocycles. The number of pyridine rings is 1. The number of methoxy groups -OCH3 is 1. The molecule has 0 saturated carbocycles. The van der Waals surface area contributed by atoms with Gasteiger partial charge in [0.15, 0.2) is 12.4 Å². The summed E-state index contributed by atoms with van der Waals surface area (Å²) in [4.78, 5) is 41.5. The van der Waals surface area contributed by atoms with Crippen LogP contribution in [0.2, 0.25) is 5.02 Å². The average molecular weight is 468 g/mol. The van der Waals surface area contributed by atoms with Crippen LogP contribution in [0.3, 0.4) is 0 Å². The van der Waals surface area contributed by atoms with E-state index < -0.39 is 17.4 Å². The summed E-state index contributed by atoms with van der Waals surface area (Å²) in [5.41, 5.74) is 2.88. The molecule has 1 aliphatic rings. The molecule has 0 unspecified atom stereocenters. The first-order chi connectivity index (χ1) is 15.7. The quantitative estimate of drug-likeness (QED) is 0.445. The second kappa shape index (κ2) is 8.80. The summed E-state index contributed by atoms with van der Waals surface area (Å²) >= 11 is 6.10. The molecule has 3 aromatic rings. The van der Waals surface area contributed by atoms with Crippen LogP contribution in [0.15, 0.2) is 47.5 Å². The van der Waals surface area contributed by atoms with Crippen molar-refractivity contribution < 1.29 is 18.9 Å². The summed E-state index contributed by atoms with van der Waals surface area (Å²) in [7, 11) is 1.50. The Morgan fingerprint density at radius 1 is 1.06 bits per heavy atom. The van der Waals surface area contributed by atoms with Gasteiger partial charge in [-0.2, -0.15) is 4.57 Å². The Morgan fingerprint density at radius 2 is 1.82 bits per heavy atom. The van der Waals surface area contributed by atoms with Crippen molar-refractivity contribution >= 4 is 34.7 Å². The topological polar surface area (TPSA) is 88.3 Å². The third-order valence-corrected chi connectivity index (χ3v) is 5.98. The fourth-order valence-electron chi connectivity index (χ4n) is 3.87. The number of aromatic nitrogens is 3. The normalized spacial score (nSPS) is 14.0. The largest absolute Gasteiger partial charge is 0.383 e. The van der Waals surface area contributed by atoms with Crippen LogP contribution in [-0.2, 0) is 14.3 Å². The number of nitrogens with zero attached hydrogens (tertiary/aromatic N) is 3. The number of amides is 2. The van der Waals surface area contributed by atoms with Crippen LogP contribution in [0.5, 0.6) is 0 Å². The third kappa shape index (κ3) is 3.92. The number of benzene rings is 1. The Hall–Kier alpha value is -3.49. The first kappa shape index (κ1) is 22.7. The van der Waals surface area contributed by atoms with Gasteiger partial charge >= 0.3 is 5.91 Å². The van der Waals surface area contributed by atoms with Gasteiger partial charge in [0.05, 0.1) is 24.4 Å². The molecule has 1 N–H and O–H groups in total. The summed E-state index contributed by atoms with van der Waals surface area (Å²) < 4.78 is 8.01. The molecule has 33 heavy (non-hydrogen) atoms. The van der Waals surface area contributed by atoms with Crippen LogP contribution in [0.4, 0.5) is 0 Å². The van der Waals surface area contributed by atoms with E-state index in [1.165, 1.54) is 11.8 Å². The summed E-state index contributed by atoms with van der Waals surface area (Å²) in [5, 5.41) is 3.48. The van der Waals surface area contributed by atoms with E-state index in [2.05, 4.69) is 5.10 Å². The Morgan fingerprint density at radius 3 is 2.48 bits per heavy atom. The highest BCUT2D eigenvalue weighted by molar-refractivity contribution is 6.44. The number of imide groups is 1. The van der Waals surface area contributed by atoms with Crippen molar-refractivity contribution in [1.29, 1.82) is 0 Å². The van der Waals surface area contributed by atoms with Crippen LogP contribution in [-0.4, -0.2) is 46.8 Å². The molecule has 0 radical (unpaired) electrons.